The first-order valence-corrected chi connectivity index (χ1v) is 6.47. The van der Waals surface area contributed by atoms with Gasteiger partial charge in [0.1, 0.15) is 5.15 Å². The molecule has 3 heteroatoms. The van der Waals surface area contributed by atoms with Crippen LogP contribution in [0.1, 0.15) is 19.4 Å². The standard InChI is InChI=1S/C15H17ClN2/c1-12(2)18(11-13-6-4-3-5-7-13)14-8-9-17-15(16)10-14/h3-10,12H,11H2,1-2H3. The fraction of sp³-hybridized carbons (Fsp3) is 0.267. The molecule has 2 aromatic rings. The van der Waals surface area contributed by atoms with Crippen LogP contribution < -0.4 is 4.90 Å². The van der Waals surface area contributed by atoms with E-state index in [1.165, 1.54) is 5.56 Å². The largest absolute Gasteiger partial charge is 0.365 e. The van der Waals surface area contributed by atoms with Crippen LogP contribution >= 0.6 is 11.6 Å². The Morgan fingerprint density at radius 1 is 1.17 bits per heavy atom. The molecule has 0 aliphatic heterocycles. The zero-order valence-corrected chi connectivity index (χ0v) is 11.4. The highest BCUT2D eigenvalue weighted by Gasteiger charge is 2.11. The third-order valence-electron chi connectivity index (χ3n) is 2.86. The van der Waals surface area contributed by atoms with Gasteiger partial charge in [0.15, 0.2) is 0 Å². The highest BCUT2D eigenvalue weighted by atomic mass is 35.5. The molecule has 0 saturated carbocycles. The molecule has 0 unspecified atom stereocenters. The number of benzene rings is 1. The summed E-state index contributed by atoms with van der Waals surface area (Å²) in [7, 11) is 0. The number of hydrogen-bond acceptors (Lipinski definition) is 2. The van der Waals surface area contributed by atoms with Gasteiger partial charge in [0.2, 0.25) is 0 Å². The first kappa shape index (κ1) is 12.9. The van der Waals surface area contributed by atoms with Crippen molar-refractivity contribution < 1.29 is 0 Å². The first-order chi connectivity index (χ1) is 8.66. The Labute approximate surface area is 113 Å². The van der Waals surface area contributed by atoms with Crippen molar-refractivity contribution in [3.05, 3.63) is 59.4 Å². The van der Waals surface area contributed by atoms with E-state index in [0.717, 1.165) is 12.2 Å². The summed E-state index contributed by atoms with van der Waals surface area (Å²) in [5.74, 6) is 0. The summed E-state index contributed by atoms with van der Waals surface area (Å²) >= 11 is 5.96. The van der Waals surface area contributed by atoms with Gasteiger partial charge in [-0.2, -0.15) is 0 Å². The fourth-order valence-corrected chi connectivity index (χ4v) is 2.09. The first-order valence-electron chi connectivity index (χ1n) is 6.09. The maximum Gasteiger partial charge on any atom is 0.131 e. The molecule has 0 spiro atoms. The Bertz CT molecular complexity index is 497. The number of aromatic nitrogens is 1. The van der Waals surface area contributed by atoms with Crippen molar-refractivity contribution >= 4 is 17.3 Å². The summed E-state index contributed by atoms with van der Waals surface area (Å²) < 4.78 is 0. The topological polar surface area (TPSA) is 16.1 Å². The number of anilines is 1. The molecule has 1 aromatic heterocycles. The van der Waals surface area contributed by atoms with Gasteiger partial charge < -0.3 is 4.90 Å². The number of rotatable bonds is 4. The number of pyridine rings is 1. The van der Waals surface area contributed by atoms with Crippen molar-refractivity contribution in [2.75, 3.05) is 4.90 Å². The Hall–Kier alpha value is -1.54. The van der Waals surface area contributed by atoms with E-state index in [-0.39, 0.29) is 0 Å². The Morgan fingerprint density at radius 2 is 1.89 bits per heavy atom. The van der Waals surface area contributed by atoms with Crippen molar-refractivity contribution in [3.8, 4) is 0 Å². The van der Waals surface area contributed by atoms with Gasteiger partial charge in [-0.05, 0) is 31.5 Å². The molecule has 0 atom stereocenters. The Balaban J connectivity index is 2.24. The molecule has 1 heterocycles. The van der Waals surface area contributed by atoms with Gasteiger partial charge in [0, 0.05) is 24.5 Å². The normalized spacial score (nSPS) is 10.7. The van der Waals surface area contributed by atoms with Gasteiger partial charge in [0.05, 0.1) is 0 Å². The van der Waals surface area contributed by atoms with Crippen LogP contribution in [0, 0.1) is 0 Å². The Morgan fingerprint density at radius 3 is 2.50 bits per heavy atom. The Kier molecular flexibility index (Phi) is 4.21. The van der Waals surface area contributed by atoms with Crippen LogP contribution in [0.3, 0.4) is 0 Å². The average Bonchev–Trinajstić information content (AvgIpc) is 2.37. The van der Waals surface area contributed by atoms with Crippen LogP contribution in [-0.4, -0.2) is 11.0 Å². The monoisotopic (exact) mass is 260 g/mol. The number of hydrogen-bond donors (Lipinski definition) is 0. The van der Waals surface area contributed by atoms with Gasteiger partial charge in [-0.1, -0.05) is 41.9 Å². The summed E-state index contributed by atoms with van der Waals surface area (Å²) in [4.78, 5) is 6.34. The molecule has 0 amide bonds. The molecule has 1 aromatic carbocycles. The summed E-state index contributed by atoms with van der Waals surface area (Å²) in [6.45, 7) is 5.23. The van der Waals surface area contributed by atoms with Gasteiger partial charge in [0.25, 0.3) is 0 Å². The minimum Gasteiger partial charge on any atom is -0.365 e. The molecule has 0 aliphatic rings. The molecule has 0 bridgehead atoms. The molecular weight excluding hydrogens is 244 g/mol. The lowest BCUT2D eigenvalue weighted by atomic mass is 10.1. The molecule has 0 aliphatic carbocycles. The third kappa shape index (κ3) is 3.23. The predicted molar refractivity (Wildman–Crippen MR) is 77.0 cm³/mol. The van der Waals surface area contributed by atoms with E-state index < -0.39 is 0 Å². The SMILES string of the molecule is CC(C)N(Cc1ccccc1)c1ccnc(Cl)c1. The maximum absolute atomic E-state index is 5.96. The van der Waals surface area contributed by atoms with E-state index in [1.807, 2.05) is 18.2 Å². The molecule has 2 rings (SSSR count). The van der Waals surface area contributed by atoms with Crippen LogP contribution in [0.25, 0.3) is 0 Å². The lowest BCUT2D eigenvalue weighted by molar-refractivity contribution is 0.682. The second-order valence-electron chi connectivity index (χ2n) is 4.54. The highest BCUT2D eigenvalue weighted by molar-refractivity contribution is 6.29. The summed E-state index contributed by atoms with van der Waals surface area (Å²) in [5, 5.41) is 0.534. The van der Waals surface area contributed by atoms with Crippen molar-refractivity contribution in [2.24, 2.45) is 0 Å². The second-order valence-corrected chi connectivity index (χ2v) is 4.93. The fourth-order valence-electron chi connectivity index (χ4n) is 1.92. The van der Waals surface area contributed by atoms with E-state index in [0.29, 0.717) is 11.2 Å². The van der Waals surface area contributed by atoms with Crippen LogP contribution in [0.2, 0.25) is 5.15 Å². The van der Waals surface area contributed by atoms with Crippen molar-refractivity contribution in [1.82, 2.24) is 4.98 Å². The van der Waals surface area contributed by atoms with E-state index in [4.69, 9.17) is 11.6 Å². The average molecular weight is 261 g/mol. The van der Waals surface area contributed by atoms with Gasteiger partial charge >= 0.3 is 0 Å². The second kappa shape index (κ2) is 5.87. The van der Waals surface area contributed by atoms with Crippen molar-refractivity contribution in [2.45, 2.75) is 26.4 Å². The van der Waals surface area contributed by atoms with Gasteiger partial charge in [-0.15, -0.1) is 0 Å². The number of nitrogens with zero attached hydrogens (tertiary/aromatic N) is 2. The highest BCUT2D eigenvalue weighted by Crippen LogP contribution is 2.21. The van der Waals surface area contributed by atoms with Crippen LogP contribution in [0.4, 0.5) is 5.69 Å². The molecule has 18 heavy (non-hydrogen) atoms. The molecule has 0 radical (unpaired) electrons. The third-order valence-corrected chi connectivity index (χ3v) is 3.07. The maximum atomic E-state index is 5.96. The summed E-state index contributed by atoms with van der Waals surface area (Å²) in [5.41, 5.74) is 2.40. The minimum atomic E-state index is 0.406. The predicted octanol–water partition coefficient (Wildman–Crippen LogP) is 4.15. The van der Waals surface area contributed by atoms with Gasteiger partial charge in [-0.3, -0.25) is 0 Å². The lowest BCUT2D eigenvalue weighted by Gasteiger charge is -2.29. The quantitative estimate of drug-likeness (QED) is 0.768. The van der Waals surface area contributed by atoms with E-state index in [9.17, 15) is 0 Å². The molecule has 2 nitrogen and oxygen atoms in total. The summed E-state index contributed by atoms with van der Waals surface area (Å²) in [6.07, 6.45) is 1.75. The van der Waals surface area contributed by atoms with Gasteiger partial charge in [-0.25, -0.2) is 4.98 Å². The summed E-state index contributed by atoms with van der Waals surface area (Å²) in [6, 6.07) is 14.7. The lowest BCUT2D eigenvalue weighted by Crippen LogP contribution is -2.30. The molecular formula is C15H17ClN2. The zero-order chi connectivity index (χ0) is 13.0. The van der Waals surface area contributed by atoms with Crippen LogP contribution in [-0.2, 0) is 6.54 Å². The van der Waals surface area contributed by atoms with E-state index in [2.05, 4.69) is 48.0 Å². The van der Waals surface area contributed by atoms with Crippen LogP contribution in [0.5, 0.6) is 0 Å². The number of halogens is 1. The van der Waals surface area contributed by atoms with Crippen LogP contribution in [0.15, 0.2) is 48.7 Å². The smallest absolute Gasteiger partial charge is 0.131 e. The minimum absolute atomic E-state index is 0.406. The molecule has 0 N–H and O–H groups in total. The van der Waals surface area contributed by atoms with Crippen molar-refractivity contribution in [1.29, 1.82) is 0 Å². The molecule has 0 fully saturated rings. The van der Waals surface area contributed by atoms with Crippen molar-refractivity contribution in [3.63, 3.8) is 0 Å². The van der Waals surface area contributed by atoms with E-state index >= 15 is 0 Å². The zero-order valence-electron chi connectivity index (χ0n) is 10.7. The van der Waals surface area contributed by atoms with E-state index in [1.54, 1.807) is 6.20 Å². The molecule has 0 saturated heterocycles. The molecule has 94 valence electrons.